The molecule has 2 aromatic rings. The van der Waals surface area contributed by atoms with Gasteiger partial charge in [0.05, 0.1) is 17.6 Å². The minimum absolute atomic E-state index is 0.124. The second-order valence-corrected chi connectivity index (χ2v) is 4.13. The molecule has 20 heavy (non-hydrogen) atoms. The monoisotopic (exact) mass is 285 g/mol. The molecule has 0 unspecified atom stereocenters. The summed E-state index contributed by atoms with van der Waals surface area (Å²) in [6.07, 6.45) is -1.74. The van der Waals surface area contributed by atoms with Crippen molar-refractivity contribution < 1.29 is 23.2 Å². The minimum Gasteiger partial charge on any atom is -0.306 e. The van der Waals surface area contributed by atoms with E-state index in [2.05, 4.69) is 4.98 Å². The highest BCUT2D eigenvalue weighted by Crippen LogP contribution is 2.31. The fraction of sp³-hybridized carbons (Fsp3) is 0.167. The van der Waals surface area contributed by atoms with Crippen molar-refractivity contribution in [2.24, 2.45) is 0 Å². The highest BCUT2D eigenvalue weighted by Gasteiger charge is 2.32. The van der Waals surface area contributed by atoms with Crippen LogP contribution >= 0.6 is 0 Å². The lowest BCUT2D eigenvalue weighted by Gasteiger charge is -2.11. The van der Waals surface area contributed by atoms with E-state index in [0.29, 0.717) is 11.8 Å². The molecule has 0 bridgehead atoms. The van der Waals surface area contributed by atoms with E-state index in [4.69, 9.17) is 5.21 Å². The van der Waals surface area contributed by atoms with Crippen LogP contribution < -0.4 is 5.48 Å². The number of carbonyl (C=O) groups is 1. The molecule has 0 saturated carbocycles. The molecule has 0 spiro atoms. The molecule has 0 atom stereocenters. The Morgan fingerprint density at radius 2 is 2.05 bits per heavy atom. The number of hydrogen-bond acceptors (Lipinski definition) is 3. The molecule has 106 valence electrons. The third-order valence-electron chi connectivity index (χ3n) is 2.62. The van der Waals surface area contributed by atoms with Crippen LogP contribution in [0.2, 0.25) is 0 Å². The maximum Gasteiger partial charge on any atom is 0.416 e. The van der Waals surface area contributed by atoms with Gasteiger partial charge >= 0.3 is 6.18 Å². The first-order valence-electron chi connectivity index (χ1n) is 5.49. The Bertz CT molecular complexity index is 650. The van der Waals surface area contributed by atoms with Crippen LogP contribution in [0.25, 0.3) is 5.69 Å². The minimum atomic E-state index is -4.60. The van der Waals surface area contributed by atoms with Crippen molar-refractivity contribution in [2.45, 2.75) is 13.1 Å². The van der Waals surface area contributed by atoms with E-state index in [1.807, 2.05) is 0 Å². The first-order chi connectivity index (χ1) is 9.31. The van der Waals surface area contributed by atoms with Gasteiger partial charge in [-0.15, -0.1) is 0 Å². The normalized spacial score (nSPS) is 11.4. The number of carbonyl (C=O) groups excluding carboxylic acids is 1. The number of imidazole rings is 1. The summed E-state index contributed by atoms with van der Waals surface area (Å²) in [6.45, 7) is 1.69. The first kappa shape index (κ1) is 14.1. The van der Waals surface area contributed by atoms with Crippen molar-refractivity contribution in [3.05, 3.63) is 47.5 Å². The van der Waals surface area contributed by atoms with Crippen LogP contribution in [0.5, 0.6) is 0 Å². The molecule has 0 aliphatic heterocycles. The van der Waals surface area contributed by atoms with Gasteiger partial charge in [0.1, 0.15) is 0 Å². The summed E-state index contributed by atoms with van der Waals surface area (Å²) in [5.74, 6) is -1.02. The fourth-order valence-electron chi connectivity index (χ4n) is 1.68. The summed E-state index contributed by atoms with van der Waals surface area (Å²) in [4.78, 5) is 15.2. The summed E-state index contributed by atoms with van der Waals surface area (Å²) in [6, 6.07) is 2.79. The summed E-state index contributed by atoms with van der Waals surface area (Å²) >= 11 is 0. The van der Waals surface area contributed by atoms with Gasteiger partial charge in [-0.2, -0.15) is 13.2 Å². The number of hydrogen-bond donors (Lipinski definition) is 2. The van der Waals surface area contributed by atoms with Crippen LogP contribution in [0.4, 0.5) is 13.2 Å². The van der Waals surface area contributed by atoms with Gasteiger partial charge in [0.15, 0.2) is 0 Å². The Labute approximate surface area is 111 Å². The van der Waals surface area contributed by atoms with Crippen LogP contribution in [0.15, 0.2) is 30.7 Å². The maximum absolute atomic E-state index is 12.8. The zero-order valence-corrected chi connectivity index (χ0v) is 10.3. The molecule has 0 radical (unpaired) electrons. The Morgan fingerprint density at radius 3 is 2.55 bits per heavy atom. The molecule has 1 amide bonds. The van der Waals surface area contributed by atoms with Crippen LogP contribution in [0.1, 0.15) is 21.6 Å². The second kappa shape index (κ2) is 4.97. The molecule has 1 aromatic carbocycles. The molecular formula is C12H10F3N3O2. The van der Waals surface area contributed by atoms with E-state index in [1.54, 1.807) is 6.92 Å². The topological polar surface area (TPSA) is 67.2 Å². The largest absolute Gasteiger partial charge is 0.416 e. The molecule has 0 fully saturated rings. The summed E-state index contributed by atoms with van der Waals surface area (Å²) < 4.78 is 39.8. The van der Waals surface area contributed by atoms with E-state index in [-0.39, 0.29) is 11.3 Å². The van der Waals surface area contributed by atoms with Gasteiger partial charge in [0.25, 0.3) is 5.91 Å². The number of rotatable bonds is 2. The van der Waals surface area contributed by atoms with Gasteiger partial charge in [-0.3, -0.25) is 10.0 Å². The Morgan fingerprint density at radius 1 is 1.35 bits per heavy atom. The maximum atomic E-state index is 12.8. The molecular weight excluding hydrogens is 275 g/mol. The molecule has 0 aliphatic rings. The summed E-state index contributed by atoms with van der Waals surface area (Å²) in [7, 11) is 0. The lowest BCUT2D eigenvalue weighted by atomic mass is 10.1. The number of alkyl halides is 3. The van der Waals surface area contributed by atoms with Crippen molar-refractivity contribution in [2.75, 3.05) is 0 Å². The standard InChI is InChI=1S/C12H10F3N3O2/c1-7-5-18(6-16-7)10-3-8(11(19)17-20)2-9(4-10)12(13,14)15/h2-6,20H,1H3,(H,17,19). The van der Waals surface area contributed by atoms with Gasteiger partial charge in [-0.1, -0.05) is 0 Å². The molecule has 5 nitrogen and oxygen atoms in total. The van der Waals surface area contributed by atoms with Crippen molar-refractivity contribution in [1.29, 1.82) is 0 Å². The van der Waals surface area contributed by atoms with Crippen LogP contribution in [-0.2, 0) is 6.18 Å². The summed E-state index contributed by atoms with van der Waals surface area (Å²) in [5.41, 5.74) is 0.769. The van der Waals surface area contributed by atoms with Crippen LogP contribution in [-0.4, -0.2) is 20.7 Å². The lowest BCUT2D eigenvalue weighted by Crippen LogP contribution is -2.20. The summed E-state index contributed by atoms with van der Waals surface area (Å²) in [5, 5.41) is 8.55. The number of benzene rings is 1. The van der Waals surface area contributed by atoms with Crippen LogP contribution in [0.3, 0.4) is 0 Å². The van der Waals surface area contributed by atoms with E-state index >= 15 is 0 Å². The van der Waals surface area contributed by atoms with E-state index in [9.17, 15) is 18.0 Å². The Balaban J connectivity index is 2.59. The molecule has 8 heteroatoms. The first-order valence-corrected chi connectivity index (χ1v) is 5.49. The smallest absolute Gasteiger partial charge is 0.306 e. The Hall–Kier alpha value is -2.35. The van der Waals surface area contributed by atoms with Crippen molar-refractivity contribution in [3.8, 4) is 5.69 Å². The highest BCUT2D eigenvalue weighted by molar-refractivity contribution is 5.94. The van der Waals surface area contributed by atoms with Crippen molar-refractivity contribution in [1.82, 2.24) is 15.0 Å². The fourth-order valence-corrected chi connectivity index (χ4v) is 1.68. The van der Waals surface area contributed by atoms with Crippen LogP contribution in [0, 0.1) is 6.92 Å². The second-order valence-electron chi connectivity index (χ2n) is 4.13. The zero-order chi connectivity index (χ0) is 14.9. The number of hydroxylamine groups is 1. The van der Waals surface area contributed by atoms with E-state index in [0.717, 1.165) is 6.07 Å². The van der Waals surface area contributed by atoms with Crippen molar-refractivity contribution in [3.63, 3.8) is 0 Å². The molecule has 1 heterocycles. The number of aromatic nitrogens is 2. The average molecular weight is 285 g/mol. The molecule has 1 aromatic heterocycles. The number of halogens is 3. The lowest BCUT2D eigenvalue weighted by molar-refractivity contribution is -0.137. The molecule has 2 N–H and O–H groups in total. The van der Waals surface area contributed by atoms with Gasteiger partial charge in [0.2, 0.25) is 0 Å². The third kappa shape index (κ3) is 2.80. The quantitative estimate of drug-likeness (QED) is 0.657. The van der Waals surface area contributed by atoms with Crippen molar-refractivity contribution >= 4 is 5.91 Å². The highest BCUT2D eigenvalue weighted by atomic mass is 19.4. The number of aryl methyl sites for hydroxylation is 1. The molecule has 0 saturated heterocycles. The molecule has 2 rings (SSSR count). The number of amides is 1. The molecule has 0 aliphatic carbocycles. The SMILES string of the molecule is Cc1cn(-c2cc(C(=O)NO)cc(C(F)(F)F)c2)cn1. The van der Waals surface area contributed by atoms with E-state index < -0.39 is 17.6 Å². The van der Waals surface area contributed by atoms with Gasteiger partial charge in [-0.25, -0.2) is 10.5 Å². The predicted molar refractivity (Wildman–Crippen MR) is 62.6 cm³/mol. The predicted octanol–water partition coefficient (Wildman–Crippen LogP) is 2.32. The van der Waals surface area contributed by atoms with Gasteiger partial charge < -0.3 is 4.57 Å². The van der Waals surface area contributed by atoms with Gasteiger partial charge in [0, 0.05) is 17.4 Å². The van der Waals surface area contributed by atoms with E-state index in [1.165, 1.54) is 28.6 Å². The van der Waals surface area contributed by atoms with Gasteiger partial charge in [-0.05, 0) is 25.1 Å². The Kier molecular flexibility index (Phi) is 3.49. The number of nitrogens with one attached hydrogen (secondary N) is 1. The number of nitrogens with zero attached hydrogens (tertiary/aromatic N) is 2. The average Bonchev–Trinajstić information content (AvgIpc) is 2.83. The third-order valence-corrected chi connectivity index (χ3v) is 2.62. The zero-order valence-electron chi connectivity index (χ0n) is 10.3.